The molecule has 0 aliphatic heterocycles. The average Bonchev–Trinajstić information content (AvgIpc) is 2.10. The van der Waals surface area contributed by atoms with Crippen LogP contribution < -0.4 is 10.6 Å². The Kier molecular flexibility index (Phi) is 6.09. The molecule has 0 aliphatic carbocycles. The van der Waals surface area contributed by atoms with E-state index in [-0.39, 0.29) is 0 Å². The molecule has 14 heavy (non-hydrogen) atoms. The molecule has 0 radical (unpaired) electrons. The maximum atomic E-state index is 3.97. The first kappa shape index (κ1) is 13.1. The van der Waals surface area contributed by atoms with Gasteiger partial charge in [-0.05, 0) is 18.8 Å². The molecule has 0 heterocycles. The van der Waals surface area contributed by atoms with Gasteiger partial charge in [0.25, 0.3) is 0 Å². The third-order valence-corrected chi connectivity index (χ3v) is 2.13. The smallest absolute Gasteiger partial charge is 0.0186 e. The molecule has 0 saturated carbocycles. The van der Waals surface area contributed by atoms with Gasteiger partial charge in [0.05, 0.1) is 0 Å². The van der Waals surface area contributed by atoms with Crippen molar-refractivity contribution in [1.82, 2.24) is 10.6 Å². The van der Waals surface area contributed by atoms with Crippen molar-refractivity contribution in [1.29, 1.82) is 0 Å². The van der Waals surface area contributed by atoms with Crippen molar-refractivity contribution in [2.75, 3.05) is 13.1 Å². The van der Waals surface area contributed by atoms with Gasteiger partial charge >= 0.3 is 0 Å². The van der Waals surface area contributed by atoms with Gasteiger partial charge < -0.3 is 10.6 Å². The zero-order valence-corrected chi connectivity index (χ0v) is 9.98. The van der Waals surface area contributed by atoms with E-state index in [1.165, 1.54) is 0 Å². The van der Waals surface area contributed by atoms with Crippen LogP contribution in [0.5, 0.6) is 0 Å². The second-order valence-corrected chi connectivity index (χ2v) is 4.33. The minimum absolute atomic E-state index is 0.510. The largest absolute Gasteiger partial charge is 0.389 e. The second-order valence-electron chi connectivity index (χ2n) is 4.33. The van der Waals surface area contributed by atoms with Crippen molar-refractivity contribution in [2.24, 2.45) is 11.8 Å². The Morgan fingerprint density at radius 1 is 1.07 bits per heavy atom. The molecule has 0 fully saturated rings. The lowest BCUT2D eigenvalue weighted by atomic mass is 10.1. The molecule has 0 bridgehead atoms. The number of hydrogen-bond acceptors (Lipinski definition) is 2. The van der Waals surface area contributed by atoms with Crippen LogP contribution in [0.3, 0.4) is 0 Å². The van der Waals surface area contributed by atoms with Gasteiger partial charge in [0, 0.05) is 24.5 Å². The van der Waals surface area contributed by atoms with Gasteiger partial charge in [0.2, 0.25) is 0 Å². The highest BCUT2D eigenvalue weighted by atomic mass is 14.9. The van der Waals surface area contributed by atoms with Crippen LogP contribution in [0.2, 0.25) is 0 Å². The zero-order valence-electron chi connectivity index (χ0n) is 9.98. The molecule has 0 rings (SSSR count). The number of nitrogens with one attached hydrogen (secondary N) is 2. The third kappa shape index (κ3) is 6.58. The van der Waals surface area contributed by atoms with E-state index < -0.39 is 0 Å². The van der Waals surface area contributed by atoms with Crippen LogP contribution in [0.15, 0.2) is 24.6 Å². The summed E-state index contributed by atoms with van der Waals surface area (Å²) in [6, 6.07) is 0. The van der Waals surface area contributed by atoms with Crippen LogP contribution in [-0.4, -0.2) is 13.1 Å². The minimum atomic E-state index is 0.510. The van der Waals surface area contributed by atoms with Gasteiger partial charge in [-0.3, -0.25) is 0 Å². The highest BCUT2D eigenvalue weighted by molar-refractivity contribution is 4.94. The lowest BCUT2D eigenvalue weighted by molar-refractivity contribution is 0.503. The first-order valence-corrected chi connectivity index (χ1v) is 5.25. The van der Waals surface area contributed by atoms with Crippen molar-refractivity contribution in [3.05, 3.63) is 24.6 Å². The highest BCUT2D eigenvalue weighted by Crippen LogP contribution is 2.03. The van der Waals surface area contributed by atoms with E-state index in [4.69, 9.17) is 0 Å². The molecule has 0 aromatic carbocycles. The summed E-state index contributed by atoms with van der Waals surface area (Å²) in [5.41, 5.74) is 2.15. The SMILES string of the molecule is C=C(C)NCC(C)CNC(=C)C(C)C. The Balaban J connectivity index is 3.58. The Bertz CT molecular complexity index is 194. The molecule has 0 aromatic heterocycles. The van der Waals surface area contributed by atoms with Gasteiger partial charge in [-0.1, -0.05) is 33.9 Å². The van der Waals surface area contributed by atoms with Crippen molar-refractivity contribution in [3.8, 4) is 0 Å². The summed E-state index contributed by atoms with van der Waals surface area (Å²) in [6.07, 6.45) is 0. The van der Waals surface area contributed by atoms with E-state index in [2.05, 4.69) is 44.6 Å². The zero-order chi connectivity index (χ0) is 11.1. The summed E-state index contributed by atoms with van der Waals surface area (Å²) in [4.78, 5) is 0. The fourth-order valence-corrected chi connectivity index (χ4v) is 0.930. The quantitative estimate of drug-likeness (QED) is 0.654. The molecule has 1 unspecified atom stereocenters. The van der Waals surface area contributed by atoms with Gasteiger partial charge in [-0.15, -0.1) is 0 Å². The standard InChI is InChI=1S/C12H24N2/c1-9(2)12(6)14-8-11(5)7-13-10(3)4/h9,11,13-14H,3,6-8H2,1-2,4-5H3. The summed E-state index contributed by atoms with van der Waals surface area (Å²) < 4.78 is 0. The lowest BCUT2D eigenvalue weighted by Crippen LogP contribution is -2.29. The monoisotopic (exact) mass is 196 g/mol. The van der Waals surface area contributed by atoms with Crippen LogP contribution >= 0.6 is 0 Å². The Hall–Kier alpha value is -0.920. The fourth-order valence-electron chi connectivity index (χ4n) is 0.930. The molecule has 0 aliphatic rings. The minimum Gasteiger partial charge on any atom is -0.389 e. The molecule has 2 nitrogen and oxygen atoms in total. The van der Waals surface area contributed by atoms with Crippen LogP contribution in [0.25, 0.3) is 0 Å². The van der Waals surface area contributed by atoms with E-state index in [0.29, 0.717) is 11.8 Å². The number of rotatable bonds is 7. The van der Waals surface area contributed by atoms with Crippen LogP contribution in [0, 0.1) is 11.8 Å². The number of hydrogen-bond donors (Lipinski definition) is 2. The topological polar surface area (TPSA) is 24.1 Å². The Labute approximate surface area is 88.5 Å². The van der Waals surface area contributed by atoms with Gasteiger partial charge in [0.1, 0.15) is 0 Å². The predicted octanol–water partition coefficient (Wildman–Crippen LogP) is 2.51. The van der Waals surface area contributed by atoms with Gasteiger partial charge in [0.15, 0.2) is 0 Å². The molecule has 2 heteroatoms. The maximum Gasteiger partial charge on any atom is 0.0186 e. The first-order chi connectivity index (χ1) is 6.43. The normalized spacial score (nSPS) is 12.4. The lowest BCUT2D eigenvalue weighted by Gasteiger charge is -2.18. The summed E-state index contributed by atoms with van der Waals surface area (Å²) in [6.45, 7) is 18.2. The second kappa shape index (κ2) is 6.52. The van der Waals surface area contributed by atoms with Gasteiger partial charge in [-0.2, -0.15) is 0 Å². The molecule has 1 atom stereocenters. The third-order valence-electron chi connectivity index (χ3n) is 2.13. The Morgan fingerprint density at radius 3 is 2.00 bits per heavy atom. The maximum absolute atomic E-state index is 3.97. The van der Waals surface area contributed by atoms with E-state index in [1.807, 2.05) is 6.92 Å². The first-order valence-electron chi connectivity index (χ1n) is 5.25. The van der Waals surface area contributed by atoms with Crippen molar-refractivity contribution in [3.63, 3.8) is 0 Å². The predicted molar refractivity (Wildman–Crippen MR) is 64.0 cm³/mol. The highest BCUT2D eigenvalue weighted by Gasteiger charge is 2.03. The van der Waals surface area contributed by atoms with Crippen molar-refractivity contribution < 1.29 is 0 Å². The molecule has 0 saturated heterocycles. The van der Waals surface area contributed by atoms with E-state index in [0.717, 1.165) is 24.5 Å². The van der Waals surface area contributed by atoms with E-state index in [1.54, 1.807) is 0 Å². The average molecular weight is 196 g/mol. The summed E-state index contributed by atoms with van der Waals surface area (Å²) in [5.74, 6) is 1.10. The molecule has 0 aromatic rings. The van der Waals surface area contributed by atoms with Crippen LogP contribution in [-0.2, 0) is 0 Å². The molecule has 0 amide bonds. The number of allylic oxidation sites excluding steroid dienone is 2. The fraction of sp³-hybridized carbons (Fsp3) is 0.667. The molecule has 2 N–H and O–H groups in total. The van der Waals surface area contributed by atoms with Crippen molar-refractivity contribution in [2.45, 2.75) is 27.7 Å². The summed E-state index contributed by atoms with van der Waals surface area (Å²) in [5, 5.41) is 6.58. The molecular formula is C12H24N2. The van der Waals surface area contributed by atoms with E-state index in [9.17, 15) is 0 Å². The molecule has 0 spiro atoms. The van der Waals surface area contributed by atoms with Crippen LogP contribution in [0.4, 0.5) is 0 Å². The van der Waals surface area contributed by atoms with Crippen LogP contribution in [0.1, 0.15) is 27.7 Å². The summed E-state index contributed by atoms with van der Waals surface area (Å²) in [7, 11) is 0. The van der Waals surface area contributed by atoms with E-state index >= 15 is 0 Å². The van der Waals surface area contributed by atoms with Gasteiger partial charge in [-0.25, -0.2) is 0 Å². The molecular weight excluding hydrogens is 172 g/mol. The Morgan fingerprint density at radius 2 is 1.57 bits per heavy atom. The van der Waals surface area contributed by atoms with Crippen molar-refractivity contribution >= 4 is 0 Å². The summed E-state index contributed by atoms with van der Waals surface area (Å²) >= 11 is 0. The molecule has 82 valence electrons.